The van der Waals surface area contributed by atoms with Crippen molar-refractivity contribution < 1.29 is 29.1 Å². The number of carbonyl (C=O) groups excluding carboxylic acids is 4. The number of carboxylic acids is 1. The van der Waals surface area contributed by atoms with Crippen LogP contribution in [0.4, 0.5) is 0 Å². The summed E-state index contributed by atoms with van der Waals surface area (Å²) in [7, 11) is 0. The summed E-state index contributed by atoms with van der Waals surface area (Å²) in [6, 6.07) is -4.42. The second kappa shape index (κ2) is 15.2. The zero-order valence-electron chi connectivity index (χ0n) is 16.5. The van der Waals surface area contributed by atoms with Crippen LogP contribution in [0.15, 0.2) is 0 Å². The van der Waals surface area contributed by atoms with Crippen molar-refractivity contribution in [2.24, 2.45) is 11.5 Å². The average molecular weight is 484 g/mol. The van der Waals surface area contributed by atoms with Crippen molar-refractivity contribution in [3.05, 3.63) is 0 Å². The molecule has 14 heteroatoms. The number of aliphatic carboxylic acids is 1. The van der Waals surface area contributed by atoms with Crippen LogP contribution in [0.3, 0.4) is 0 Å². The molecule has 0 aliphatic carbocycles. The molecule has 0 aromatic carbocycles. The lowest BCUT2D eigenvalue weighted by atomic mass is 10.1. The zero-order valence-corrected chi connectivity index (χ0v) is 19.1. The van der Waals surface area contributed by atoms with E-state index >= 15 is 0 Å². The van der Waals surface area contributed by atoms with Crippen LogP contribution in [0.25, 0.3) is 0 Å². The summed E-state index contributed by atoms with van der Waals surface area (Å²) in [4.78, 5) is 59.5. The van der Waals surface area contributed by atoms with Crippen LogP contribution in [-0.4, -0.2) is 82.4 Å². The Morgan fingerprint density at radius 1 is 0.900 bits per heavy atom. The Hall–Kier alpha value is -1.64. The highest BCUT2D eigenvalue weighted by Crippen LogP contribution is 2.05. The Kier molecular flexibility index (Phi) is 14.4. The number of hydrogen-bond acceptors (Lipinski definition) is 9. The molecule has 0 aliphatic rings. The molecular formula is C16H29N5O6S3. The molecule has 0 fully saturated rings. The van der Waals surface area contributed by atoms with E-state index in [1.807, 2.05) is 6.26 Å². The summed E-state index contributed by atoms with van der Waals surface area (Å²) in [5, 5.41) is 16.3. The van der Waals surface area contributed by atoms with Gasteiger partial charge in [0.05, 0.1) is 6.04 Å². The standard InChI is InChI=1S/C16H29N5O6S3/c1-30-5-4-10(19-13(23)8(17)6-28)15(25)20-9(2-3-12(18)22)14(24)21-11(7-29)16(26)27/h8-11,28-29H,2-7,17H2,1H3,(H2,18,22)(H,19,23)(H,20,25)(H,21,24)(H,26,27). The molecule has 4 amide bonds. The summed E-state index contributed by atoms with van der Waals surface area (Å²) in [6.07, 6.45) is 1.72. The molecule has 8 N–H and O–H groups in total. The lowest BCUT2D eigenvalue weighted by molar-refractivity contribution is -0.141. The molecule has 0 aromatic heterocycles. The second-order valence-electron chi connectivity index (χ2n) is 6.28. The van der Waals surface area contributed by atoms with Crippen molar-refractivity contribution in [3.8, 4) is 0 Å². The molecule has 30 heavy (non-hydrogen) atoms. The first-order valence-corrected chi connectivity index (χ1v) is 11.6. The number of nitrogens with two attached hydrogens (primary N) is 2. The molecule has 0 saturated carbocycles. The predicted octanol–water partition coefficient (Wildman–Crippen LogP) is -2.27. The van der Waals surface area contributed by atoms with Gasteiger partial charge in [-0.2, -0.15) is 37.0 Å². The normalized spacial score (nSPS) is 14.7. The number of nitrogens with one attached hydrogen (secondary N) is 3. The lowest BCUT2D eigenvalue weighted by Crippen LogP contribution is -2.57. The van der Waals surface area contributed by atoms with E-state index in [2.05, 4.69) is 41.2 Å². The molecule has 0 bridgehead atoms. The number of thioether (sulfide) groups is 1. The number of carboxylic acid groups (broad SMARTS) is 1. The summed E-state index contributed by atoms with van der Waals surface area (Å²) < 4.78 is 0. The monoisotopic (exact) mass is 483 g/mol. The highest BCUT2D eigenvalue weighted by molar-refractivity contribution is 7.98. The number of hydrogen-bond donors (Lipinski definition) is 8. The topological polar surface area (TPSA) is 194 Å². The van der Waals surface area contributed by atoms with Crippen LogP contribution in [0, 0.1) is 0 Å². The third-order valence-corrected chi connectivity index (χ3v) is 5.29. The van der Waals surface area contributed by atoms with Gasteiger partial charge in [0.1, 0.15) is 18.1 Å². The first-order chi connectivity index (χ1) is 14.1. The fraction of sp³-hybridized carbons (Fsp3) is 0.688. The minimum absolute atomic E-state index is 0.0760. The number of carbonyl (C=O) groups is 5. The molecule has 11 nitrogen and oxygen atoms in total. The van der Waals surface area contributed by atoms with E-state index in [-0.39, 0.29) is 30.8 Å². The van der Waals surface area contributed by atoms with E-state index in [1.165, 1.54) is 11.8 Å². The maximum Gasteiger partial charge on any atom is 0.327 e. The van der Waals surface area contributed by atoms with Crippen LogP contribution in [0.5, 0.6) is 0 Å². The number of thiol groups is 2. The van der Waals surface area contributed by atoms with E-state index in [9.17, 15) is 24.0 Å². The van der Waals surface area contributed by atoms with Crippen LogP contribution >= 0.6 is 37.0 Å². The van der Waals surface area contributed by atoms with Gasteiger partial charge in [0.15, 0.2) is 0 Å². The third-order valence-electron chi connectivity index (χ3n) is 3.89. The van der Waals surface area contributed by atoms with Crippen molar-refractivity contribution in [3.63, 3.8) is 0 Å². The first kappa shape index (κ1) is 28.4. The summed E-state index contributed by atoms with van der Waals surface area (Å²) >= 11 is 9.26. The van der Waals surface area contributed by atoms with Crippen molar-refractivity contribution in [1.29, 1.82) is 0 Å². The van der Waals surface area contributed by atoms with Gasteiger partial charge in [0.2, 0.25) is 23.6 Å². The van der Waals surface area contributed by atoms with Crippen LogP contribution in [0.2, 0.25) is 0 Å². The van der Waals surface area contributed by atoms with Gasteiger partial charge in [0.25, 0.3) is 0 Å². The molecule has 0 saturated heterocycles. The Morgan fingerprint density at radius 3 is 1.83 bits per heavy atom. The van der Waals surface area contributed by atoms with E-state index < -0.39 is 53.8 Å². The molecular weight excluding hydrogens is 454 g/mol. The Labute approximate surface area is 190 Å². The van der Waals surface area contributed by atoms with Crippen molar-refractivity contribution in [2.45, 2.75) is 43.4 Å². The molecule has 4 unspecified atom stereocenters. The maximum atomic E-state index is 12.7. The highest BCUT2D eigenvalue weighted by Gasteiger charge is 2.29. The van der Waals surface area contributed by atoms with Crippen LogP contribution < -0.4 is 27.4 Å². The Morgan fingerprint density at radius 2 is 1.40 bits per heavy atom. The third kappa shape index (κ3) is 10.9. The highest BCUT2D eigenvalue weighted by atomic mass is 32.2. The van der Waals surface area contributed by atoms with Crippen molar-refractivity contribution in [1.82, 2.24) is 16.0 Å². The summed E-state index contributed by atoms with van der Waals surface area (Å²) in [5.74, 6) is -3.63. The van der Waals surface area contributed by atoms with E-state index in [0.29, 0.717) is 5.75 Å². The van der Waals surface area contributed by atoms with Gasteiger partial charge in [-0.3, -0.25) is 19.2 Å². The quantitative estimate of drug-likeness (QED) is 0.119. The largest absolute Gasteiger partial charge is 0.480 e. The van der Waals surface area contributed by atoms with Gasteiger partial charge >= 0.3 is 5.97 Å². The fourth-order valence-electron chi connectivity index (χ4n) is 2.15. The average Bonchev–Trinajstić information content (AvgIpc) is 2.70. The van der Waals surface area contributed by atoms with E-state index in [0.717, 1.165) is 0 Å². The fourth-order valence-corrected chi connectivity index (χ4v) is 3.04. The summed E-state index contributed by atoms with van der Waals surface area (Å²) in [5.41, 5.74) is 10.7. The van der Waals surface area contributed by atoms with Crippen LogP contribution in [0.1, 0.15) is 19.3 Å². The predicted molar refractivity (Wildman–Crippen MR) is 121 cm³/mol. The van der Waals surface area contributed by atoms with Gasteiger partial charge in [-0.15, -0.1) is 0 Å². The lowest BCUT2D eigenvalue weighted by Gasteiger charge is -2.24. The molecule has 4 atom stereocenters. The molecule has 0 spiro atoms. The Bertz CT molecular complexity index is 624. The van der Waals surface area contributed by atoms with Gasteiger partial charge in [-0.25, -0.2) is 4.79 Å². The molecule has 0 heterocycles. The van der Waals surface area contributed by atoms with Crippen molar-refractivity contribution >= 4 is 66.6 Å². The van der Waals surface area contributed by atoms with Gasteiger partial charge in [0, 0.05) is 17.9 Å². The van der Waals surface area contributed by atoms with Gasteiger partial charge in [-0.1, -0.05) is 0 Å². The van der Waals surface area contributed by atoms with E-state index in [4.69, 9.17) is 16.6 Å². The smallest absolute Gasteiger partial charge is 0.327 e. The van der Waals surface area contributed by atoms with Gasteiger partial charge in [-0.05, 0) is 24.9 Å². The van der Waals surface area contributed by atoms with Crippen molar-refractivity contribution in [2.75, 3.05) is 23.5 Å². The minimum Gasteiger partial charge on any atom is -0.480 e. The molecule has 0 radical (unpaired) electrons. The second-order valence-corrected chi connectivity index (χ2v) is 8.00. The molecule has 0 rings (SSSR count). The van der Waals surface area contributed by atoms with Gasteiger partial charge < -0.3 is 32.5 Å². The minimum atomic E-state index is -1.30. The maximum absolute atomic E-state index is 12.7. The molecule has 172 valence electrons. The number of primary amides is 1. The molecule has 0 aromatic rings. The van der Waals surface area contributed by atoms with Crippen LogP contribution in [-0.2, 0) is 24.0 Å². The SMILES string of the molecule is CSCCC(NC(=O)C(N)CS)C(=O)NC(CCC(N)=O)C(=O)NC(CS)C(=O)O. The first-order valence-electron chi connectivity index (χ1n) is 8.95. The number of rotatable bonds is 15. The zero-order chi connectivity index (χ0) is 23.3. The Balaban J connectivity index is 5.38. The summed E-state index contributed by atoms with van der Waals surface area (Å²) in [6.45, 7) is 0. The number of amides is 4. The van der Waals surface area contributed by atoms with E-state index in [1.54, 1.807) is 0 Å². The molecule has 0 aliphatic heterocycles.